The van der Waals surface area contributed by atoms with Gasteiger partial charge in [-0.25, -0.2) is 0 Å². The Morgan fingerprint density at radius 2 is 1.57 bits per heavy atom. The molecule has 0 spiro atoms. The van der Waals surface area contributed by atoms with Gasteiger partial charge in [0.1, 0.15) is 0 Å². The molecule has 0 amide bonds. The van der Waals surface area contributed by atoms with Crippen molar-refractivity contribution in [2.24, 2.45) is 0 Å². The number of rotatable bonds is 5. The smallest absolute Gasteiger partial charge is 0 e. The van der Waals surface area contributed by atoms with Crippen molar-refractivity contribution in [2.75, 3.05) is 0 Å². The van der Waals surface area contributed by atoms with Crippen LogP contribution in [0.1, 0.15) is 35.0 Å². The first-order chi connectivity index (χ1) is 22.9. The van der Waals surface area contributed by atoms with E-state index in [4.69, 9.17) is 4.11 Å². The number of nitrogens with zero attached hydrogens (tertiary/aromatic N) is 2. The second kappa shape index (κ2) is 14.6. The van der Waals surface area contributed by atoms with Crippen LogP contribution in [0.2, 0.25) is 17.3 Å². The molecule has 1 radical (unpaired) electrons. The fraction of sp³-hybridized carbons (Fsp3) is 0.171. The summed E-state index contributed by atoms with van der Waals surface area (Å²) in [6.07, 6.45) is 3.92. The molecule has 0 saturated carbocycles. The minimum absolute atomic E-state index is 0. The molecule has 0 aliphatic heterocycles. The van der Waals surface area contributed by atoms with Gasteiger partial charge >= 0.3 is 99.8 Å². The summed E-state index contributed by atoms with van der Waals surface area (Å²) >= 11 is 0.0303. The molecule has 7 aromatic rings. The SMILES string of the molecule is [2H]C([2H])([2H])c1ccc(-c2cccc3c2sc2c(-c4cc(C(C)C)ccn4)[c-]ccc23)cc1.[CH3][Ge]([CH3])([CH3])[c]1ccc(-c2[c-]cccc2)nc1.[Ir]. The Balaban J connectivity index is 0.000000233. The Hall–Kier alpha value is -3.41. The van der Waals surface area contributed by atoms with Crippen LogP contribution in [0, 0.1) is 19.0 Å². The third-order valence-corrected chi connectivity index (χ3v) is 13.5. The van der Waals surface area contributed by atoms with E-state index in [2.05, 4.69) is 102 Å². The number of pyridine rings is 2. The molecule has 3 aromatic heterocycles. The van der Waals surface area contributed by atoms with Gasteiger partial charge in [-0.05, 0) is 45.7 Å². The van der Waals surface area contributed by atoms with Gasteiger partial charge in [0.15, 0.2) is 0 Å². The number of thiophene rings is 1. The van der Waals surface area contributed by atoms with Gasteiger partial charge in [0, 0.05) is 35.1 Å². The molecule has 0 aliphatic rings. The molecule has 0 unspecified atom stereocenters. The van der Waals surface area contributed by atoms with Crippen LogP contribution in [0.4, 0.5) is 0 Å². The first-order valence-corrected chi connectivity index (χ1v) is 23.4. The molecule has 3 heterocycles. The van der Waals surface area contributed by atoms with E-state index >= 15 is 0 Å². The van der Waals surface area contributed by atoms with Crippen LogP contribution in [-0.2, 0) is 20.1 Å². The van der Waals surface area contributed by atoms with E-state index < -0.39 is 20.1 Å². The number of fused-ring (bicyclic) bond motifs is 3. The standard InChI is InChI=1S/C27H22NS.C14H16GeN.Ir/c1-17(2)20-14-15-28-25(16-20)24-9-5-8-23-22-7-4-6-21(26(22)29-27(23)24)19-12-10-18(3)11-13-19;1-15(2,3)13-9-10-14(16-11-13)12-7-5-4-6-8-12;/h4-8,10-17H,1-3H3;4-7,9-11H,1-3H3;/q2*-1;/i3D3;;. The third-order valence-electron chi connectivity index (χ3n) is 7.98. The van der Waals surface area contributed by atoms with Crippen molar-refractivity contribution in [3.63, 3.8) is 0 Å². The second-order valence-corrected chi connectivity index (χ2v) is 24.2. The van der Waals surface area contributed by atoms with E-state index in [-0.39, 0.29) is 20.1 Å². The van der Waals surface area contributed by atoms with Gasteiger partial charge in [-0.3, -0.25) is 0 Å². The van der Waals surface area contributed by atoms with Crippen molar-refractivity contribution >= 4 is 49.2 Å². The van der Waals surface area contributed by atoms with Crippen LogP contribution in [0.3, 0.4) is 0 Å². The van der Waals surface area contributed by atoms with Crippen LogP contribution in [0.25, 0.3) is 53.8 Å². The number of aryl methyl sites for hydroxylation is 1. The number of hydrogen-bond acceptors (Lipinski definition) is 3. The van der Waals surface area contributed by atoms with Crippen molar-refractivity contribution in [1.29, 1.82) is 0 Å². The maximum Gasteiger partial charge on any atom is 0 e. The zero-order chi connectivity index (χ0) is 34.1. The Morgan fingerprint density at radius 3 is 2.24 bits per heavy atom. The monoisotopic (exact) mass is 860 g/mol. The molecule has 0 N–H and O–H groups in total. The summed E-state index contributed by atoms with van der Waals surface area (Å²) in [5, 5.41) is 2.38. The van der Waals surface area contributed by atoms with Crippen molar-refractivity contribution in [1.82, 2.24) is 9.97 Å². The second-order valence-electron chi connectivity index (χ2n) is 12.5. The van der Waals surface area contributed by atoms with E-state index in [1.807, 2.05) is 54.9 Å². The van der Waals surface area contributed by atoms with E-state index in [1.54, 1.807) is 23.5 Å². The van der Waals surface area contributed by atoms with Crippen LogP contribution in [0.5, 0.6) is 0 Å². The molecule has 7 rings (SSSR count). The molecule has 0 saturated heterocycles. The van der Waals surface area contributed by atoms with Gasteiger partial charge in [-0.15, -0.1) is 23.8 Å². The first kappa shape index (κ1) is 30.0. The van der Waals surface area contributed by atoms with E-state index in [0.717, 1.165) is 33.6 Å². The normalized spacial score (nSPS) is 12.5. The fourth-order valence-corrected chi connectivity index (χ4v) is 8.84. The Labute approximate surface area is 297 Å². The number of benzene rings is 4. The van der Waals surface area contributed by atoms with E-state index in [1.165, 1.54) is 30.1 Å². The summed E-state index contributed by atoms with van der Waals surface area (Å²) in [4.78, 5) is 9.18. The summed E-state index contributed by atoms with van der Waals surface area (Å²) in [7, 11) is 0. The maximum atomic E-state index is 7.63. The Kier molecular flexibility index (Phi) is 9.49. The van der Waals surface area contributed by atoms with Gasteiger partial charge in [-0.1, -0.05) is 78.9 Å². The molecular weight excluding hydrogens is 817 g/mol. The topological polar surface area (TPSA) is 25.8 Å². The maximum absolute atomic E-state index is 7.63. The van der Waals surface area contributed by atoms with Crippen LogP contribution < -0.4 is 4.40 Å². The predicted octanol–water partition coefficient (Wildman–Crippen LogP) is 11.1. The largest absolute Gasteiger partial charge is 0 e. The molecule has 4 aromatic carbocycles. The van der Waals surface area contributed by atoms with Crippen LogP contribution in [-0.4, -0.2) is 23.2 Å². The zero-order valence-corrected chi connectivity index (χ0v) is 32.0. The van der Waals surface area contributed by atoms with Gasteiger partial charge in [0.2, 0.25) is 0 Å². The summed E-state index contributed by atoms with van der Waals surface area (Å²) in [6, 6.07) is 40.8. The van der Waals surface area contributed by atoms with Crippen molar-refractivity contribution in [3.05, 3.63) is 139 Å². The van der Waals surface area contributed by atoms with E-state index in [0.29, 0.717) is 11.5 Å². The number of hydrogen-bond donors (Lipinski definition) is 0. The minimum atomic E-state index is -2.09. The van der Waals surface area contributed by atoms with Crippen molar-refractivity contribution in [2.45, 2.75) is 43.9 Å². The third kappa shape index (κ3) is 7.42. The Morgan fingerprint density at radius 1 is 0.761 bits per heavy atom. The molecule has 233 valence electrons. The molecule has 0 aliphatic carbocycles. The van der Waals surface area contributed by atoms with Gasteiger partial charge in [-0.2, -0.15) is 11.3 Å². The van der Waals surface area contributed by atoms with Crippen LogP contribution >= 0.6 is 11.3 Å². The van der Waals surface area contributed by atoms with Gasteiger partial charge in [0.05, 0.1) is 0 Å². The average molecular weight is 859 g/mol. The number of aromatic nitrogens is 2. The average Bonchev–Trinajstić information content (AvgIpc) is 3.48. The summed E-state index contributed by atoms with van der Waals surface area (Å²) in [5.41, 5.74) is 7.78. The van der Waals surface area contributed by atoms with Gasteiger partial charge < -0.3 is 4.98 Å². The molecule has 0 fully saturated rings. The quantitative estimate of drug-likeness (QED) is 0.127. The summed E-state index contributed by atoms with van der Waals surface area (Å²) < 4.78 is 26.7. The molecular formula is C41H38GeIrN2S-2. The molecule has 0 bridgehead atoms. The molecule has 46 heavy (non-hydrogen) atoms. The first-order valence-electron chi connectivity index (χ1n) is 16.8. The minimum Gasteiger partial charge on any atom is 0 e. The fourth-order valence-electron chi connectivity index (χ4n) is 5.32. The van der Waals surface area contributed by atoms with Crippen LogP contribution in [0.15, 0.2) is 116 Å². The van der Waals surface area contributed by atoms with Crippen molar-refractivity contribution < 1.29 is 24.2 Å². The van der Waals surface area contributed by atoms with Crippen molar-refractivity contribution in [3.8, 4) is 33.6 Å². The zero-order valence-electron chi connectivity index (χ0n) is 29.7. The molecule has 5 heteroatoms. The van der Waals surface area contributed by atoms with Gasteiger partial charge in [0.25, 0.3) is 0 Å². The predicted molar refractivity (Wildman–Crippen MR) is 197 cm³/mol. The Bertz CT molecular complexity index is 2170. The summed E-state index contributed by atoms with van der Waals surface area (Å²) in [5.74, 6) is 7.57. The van der Waals surface area contributed by atoms with E-state index in [9.17, 15) is 0 Å². The summed E-state index contributed by atoms with van der Waals surface area (Å²) in [6.45, 7) is 2.28. The molecule has 0 atom stereocenters. The molecule has 2 nitrogen and oxygen atoms in total.